The molecular weight excluding hydrogens is 709 g/mol. The van der Waals surface area contributed by atoms with E-state index in [4.69, 9.17) is 18.0 Å². The third kappa shape index (κ3) is 9.92. The zero-order valence-electron chi connectivity index (χ0n) is 35.2. The first-order valence-corrected chi connectivity index (χ1v) is 27.2. The van der Waals surface area contributed by atoms with E-state index in [2.05, 4.69) is 112 Å². The van der Waals surface area contributed by atoms with Crippen LogP contribution in [0.15, 0.2) is 41.3 Å². The van der Waals surface area contributed by atoms with Gasteiger partial charge in [0, 0.05) is 11.8 Å². The van der Waals surface area contributed by atoms with E-state index in [1.165, 1.54) is 10.8 Å². The molecule has 0 saturated carbocycles. The van der Waals surface area contributed by atoms with Crippen molar-refractivity contribution in [3.63, 3.8) is 0 Å². The highest BCUT2D eigenvalue weighted by molar-refractivity contribution is 6.75. The predicted molar refractivity (Wildman–Crippen MR) is 218 cm³/mol. The molecule has 52 heavy (non-hydrogen) atoms. The number of nitrogens with zero attached hydrogens (tertiary/aromatic N) is 3. The first-order valence-electron chi connectivity index (χ1n) is 18.4. The Morgan fingerprint density at radius 1 is 0.827 bits per heavy atom. The monoisotopic (exact) mass is 776 g/mol. The molecule has 1 aliphatic rings. The van der Waals surface area contributed by atoms with Crippen molar-refractivity contribution in [1.29, 1.82) is 0 Å². The Morgan fingerprint density at radius 3 is 1.77 bits per heavy atom. The third-order valence-corrected chi connectivity index (χ3v) is 25.0. The fourth-order valence-corrected chi connectivity index (χ4v) is 8.51. The third-order valence-electron chi connectivity index (χ3n) is 11.5. The fraction of sp³-hybridized carbons (Fsp3) is 0.711. The van der Waals surface area contributed by atoms with Crippen LogP contribution in [0.2, 0.25) is 54.4 Å². The zero-order chi connectivity index (χ0) is 40.0. The second-order valence-corrected chi connectivity index (χ2v) is 34.1. The molecule has 3 rings (SSSR count). The van der Waals surface area contributed by atoms with E-state index < -0.39 is 66.6 Å². The van der Waals surface area contributed by atoms with Crippen molar-refractivity contribution in [1.82, 2.24) is 9.55 Å². The van der Waals surface area contributed by atoms with E-state index >= 15 is 0 Å². The van der Waals surface area contributed by atoms with Crippen LogP contribution in [0.4, 0.5) is 11.5 Å². The number of carbonyl (C=O) groups is 1. The van der Waals surface area contributed by atoms with Crippen LogP contribution in [0.25, 0.3) is 0 Å². The lowest BCUT2D eigenvalue weighted by Gasteiger charge is -2.44. The molecule has 1 amide bonds. The molecule has 2 heterocycles. The van der Waals surface area contributed by atoms with Gasteiger partial charge in [-0.25, -0.2) is 9.86 Å². The molecule has 1 aromatic carbocycles. The lowest BCUT2D eigenvalue weighted by atomic mass is 10.1. The Hall–Kier alpha value is -2.18. The number of aromatic nitrogens is 2. The van der Waals surface area contributed by atoms with E-state index in [0.29, 0.717) is 5.56 Å². The van der Waals surface area contributed by atoms with Crippen molar-refractivity contribution in [2.75, 3.05) is 17.0 Å². The first-order chi connectivity index (χ1) is 23.3. The molecule has 0 radical (unpaired) electrons. The normalized spacial score (nSPS) is 21.0. The van der Waals surface area contributed by atoms with Crippen LogP contribution in [0.3, 0.4) is 0 Å². The summed E-state index contributed by atoms with van der Waals surface area (Å²) in [7, 11) is -7.16. The summed E-state index contributed by atoms with van der Waals surface area (Å²) in [6.45, 7) is 38.6. The van der Waals surface area contributed by atoms with Crippen molar-refractivity contribution >= 4 is 42.4 Å². The van der Waals surface area contributed by atoms with Gasteiger partial charge in [0.15, 0.2) is 37.0 Å². The quantitative estimate of drug-likeness (QED) is 0.170. The maximum absolute atomic E-state index is 14.2. The van der Waals surface area contributed by atoms with Gasteiger partial charge in [0.1, 0.15) is 24.0 Å². The number of rotatable bonds is 11. The van der Waals surface area contributed by atoms with Crippen molar-refractivity contribution in [3.8, 4) is 0 Å². The van der Waals surface area contributed by atoms with Gasteiger partial charge < -0.3 is 23.3 Å². The second-order valence-electron chi connectivity index (χ2n) is 19.8. The van der Waals surface area contributed by atoms with Gasteiger partial charge in [0.05, 0.1) is 12.1 Å². The van der Waals surface area contributed by atoms with Gasteiger partial charge in [-0.15, -0.1) is 0 Å². The summed E-state index contributed by atoms with van der Waals surface area (Å²) in [5.41, 5.74) is -0.969. The van der Waals surface area contributed by atoms with Crippen LogP contribution in [-0.4, -0.2) is 76.1 Å². The maximum Gasteiger partial charge on any atom is 0.351 e. The number of ether oxygens (including phenoxy) is 1. The number of carbonyl (C=O) groups excluding carboxylic acids is 1. The Balaban J connectivity index is 2.28. The van der Waals surface area contributed by atoms with Gasteiger partial charge in [-0.2, -0.15) is 4.98 Å². The van der Waals surface area contributed by atoms with Gasteiger partial charge in [-0.3, -0.25) is 14.6 Å². The summed E-state index contributed by atoms with van der Waals surface area (Å²) in [5.74, 6) is -0.532. The molecule has 2 N–H and O–H groups in total. The van der Waals surface area contributed by atoms with Crippen molar-refractivity contribution < 1.29 is 28.0 Å². The van der Waals surface area contributed by atoms with Gasteiger partial charge in [-0.1, -0.05) is 80.5 Å². The molecule has 1 aromatic heterocycles. The van der Waals surface area contributed by atoms with E-state index in [0.717, 1.165) is 5.06 Å². The Kier molecular flexibility index (Phi) is 12.9. The SMILES string of the molecule is CC(C)(C)N(O)c1cn([C@@H]2O[C@H](CO[Si](C)(C)C(C)(C)C)[C@@H](O[Si](C)(C)C(C)(C)C)[C@H]2O[Si](C)(C)C(C)(C)C)c(=O)nc1NC(=O)c1ccccc1. The lowest BCUT2D eigenvalue weighted by Crippen LogP contribution is -2.54. The van der Waals surface area contributed by atoms with Crippen LogP contribution in [-0.2, 0) is 18.0 Å². The highest BCUT2D eigenvalue weighted by Gasteiger charge is 2.55. The zero-order valence-corrected chi connectivity index (χ0v) is 38.2. The number of hydrogen-bond acceptors (Lipinski definition) is 9. The highest BCUT2D eigenvalue weighted by Crippen LogP contribution is 2.46. The highest BCUT2D eigenvalue weighted by atomic mass is 28.4. The molecule has 14 heteroatoms. The fourth-order valence-electron chi connectivity index (χ4n) is 4.89. The van der Waals surface area contributed by atoms with Crippen LogP contribution < -0.4 is 16.1 Å². The molecule has 0 aliphatic carbocycles. The summed E-state index contributed by atoms with van der Waals surface area (Å²) in [6.07, 6.45) is -1.30. The largest absolute Gasteiger partial charge is 0.414 e. The Morgan fingerprint density at radius 2 is 1.31 bits per heavy atom. The van der Waals surface area contributed by atoms with Crippen LogP contribution >= 0.6 is 0 Å². The van der Waals surface area contributed by atoms with Crippen molar-refractivity contribution in [2.45, 2.75) is 168 Å². The number of anilines is 2. The second kappa shape index (κ2) is 15.2. The van der Waals surface area contributed by atoms with Crippen molar-refractivity contribution in [3.05, 3.63) is 52.6 Å². The van der Waals surface area contributed by atoms with E-state index in [1.807, 2.05) is 26.8 Å². The van der Waals surface area contributed by atoms with Crippen LogP contribution in [0, 0.1) is 0 Å². The number of amides is 1. The summed E-state index contributed by atoms with van der Waals surface area (Å²) in [5, 5.41) is 15.0. The van der Waals surface area contributed by atoms with Gasteiger partial charge in [0.2, 0.25) is 0 Å². The van der Waals surface area contributed by atoms with Crippen LogP contribution in [0.5, 0.6) is 0 Å². The van der Waals surface area contributed by atoms with Gasteiger partial charge in [-0.05, 0) is 87.3 Å². The molecule has 1 aliphatic heterocycles. The number of hydrogen-bond donors (Lipinski definition) is 2. The van der Waals surface area contributed by atoms with Crippen LogP contribution in [0.1, 0.15) is 99.7 Å². The molecule has 294 valence electrons. The van der Waals surface area contributed by atoms with E-state index in [-0.39, 0.29) is 33.2 Å². The number of nitrogens with one attached hydrogen (secondary N) is 1. The predicted octanol–water partition coefficient (Wildman–Crippen LogP) is 9.19. The molecule has 1 fully saturated rings. The molecule has 4 atom stereocenters. The standard InChI is InChI=1S/C38H68N4O7Si3/c1-35(2,3)42(45)27-24-41(34(44)40-31(27)39-32(43)26-22-20-19-21-23-26)33-30(49-52(17,18)38(10,11)12)29(48-51(15,16)37(7,8)9)28(47-33)25-46-50(13,14)36(4,5)6/h19-24,28-30,33,45H,25H2,1-18H3,(H,39,40,43,44)/t28-,29-,30-,33-/m1/s1. The Bertz CT molecular complexity index is 1600. The van der Waals surface area contributed by atoms with E-state index in [9.17, 15) is 14.8 Å². The topological polar surface area (TPSA) is 124 Å². The van der Waals surface area contributed by atoms with Gasteiger partial charge in [0.25, 0.3) is 5.91 Å². The summed E-state index contributed by atoms with van der Waals surface area (Å²) >= 11 is 0. The molecule has 0 unspecified atom stereocenters. The molecule has 2 aromatic rings. The maximum atomic E-state index is 14.2. The summed E-state index contributed by atoms with van der Waals surface area (Å²) < 4.78 is 29.6. The number of benzene rings is 1. The van der Waals surface area contributed by atoms with Gasteiger partial charge >= 0.3 is 5.69 Å². The average Bonchev–Trinajstić information content (AvgIpc) is 3.29. The molecule has 0 spiro atoms. The van der Waals surface area contributed by atoms with Crippen molar-refractivity contribution in [2.24, 2.45) is 0 Å². The minimum Gasteiger partial charge on any atom is -0.414 e. The molecule has 11 nitrogen and oxygen atoms in total. The summed E-state index contributed by atoms with van der Waals surface area (Å²) in [6, 6.07) is 8.65. The molecule has 0 bridgehead atoms. The lowest BCUT2D eigenvalue weighted by molar-refractivity contribution is -0.0509. The average molecular weight is 777 g/mol. The number of hydroxylamine groups is 1. The minimum absolute atomic E-state index is 0.0366. The van der Waals surface area contributed by atoms with E-state index in [1.54, 1.807) is 24.3 Å². The molecular formula is C38H68N4O7Si3. The minimum atomic E-state index is -2.51. The smallest absolute Gasteiger partial charge is 0.351 e. The first kappa shape index (κ1) is 44.2. The summed E-state index contributed by atoms with van der Waals surface area (Å²) in [4.78, 5) is 31.9. The molecule has 1 saturated heterocycles. The Labute approximate surface area is 316 Å².